The van der Waals surface area contributed by atoms with E-state index in [9.17, 15) is 9.59 Å². The van der Waals surface area contributed by atoms with Crippen molar-refractivity contribution in [1.29, 1.82) is 0 Å². The topological polar surface area (TPSA) is 98.3 Å². The van der Waals surface area contributed by atoms with Gasteiger partial charge in [-0.15, -0.1) is 0 Å². The molecule has 2 amide bonds. The van der Waals surface area contributed by atoms with Crippen LogP contribution >= 0.6 is 0 Å². The standard InChI is InChI=1S/C24H30N6O3/c1-15-9-10-19-18(25-2)14-22(26-16-7-5-6-8-21(16)33-4)28-30(19)20(13-15)23(31)27-17-11-12-29(3)24(17)32/h5-8,10,13-15,17,25H,9,11-12H2,1-4H3,(H,26,28)(H,27,31)/t15-,17-/m1/s1. The van der Waals surface area contributed by atoms with Crippen molar-refractivity contribution in [2.45, 2.75) is 25.8 Å². The van der Waals surface area contributed by atoms with Gasteiger partial charge in [0.15, 0.2) is 0 Å². The third-order valence-electron chi connectivity index (χ3n) is 5.95. The number of benzene rings is 1. The summed E-state index contributed by atoms with van der Waals surface area (Å²) < 4.78 is 5.43. The molecule has 174 valence electrons. The van der Waals surface area contributed by atoms with Crippen LogP contribution in [0, 0.1) is 5.92 Å². The quantitative estimate of drug-likeness (QED) is 0.633. The molecule has 0 aliphatic carbocycles. The van der Waals surface area contributed by atoms with Gasteiger partial charge in [-0.05, 0) is 37.0 Å². The van der Waals surface area contributed by atoms with E-state index < -0.39 is 6.04 Å². The number of nitrogens with one attached hydrogen (secondary N) is 3. The Morgan fingerprint density at radius 1 is 1.30 bits per heavy atom. The molecule has 3 aliphatic rings. The number of likely N-dealkylation sites (tertiary alicyclic amines) is 1. The van der Waals surface area contributed by atoms with Gasteiger partial charge in [0.1, 0.15) is 29.0 Å². The number of ether oxygens (including phenoxy) is 1. The van der Waals surface area contributed by atoms with Gasteiger partial charge >= 0.3 is 0 Å². The molecule has 1 aromatic carbocycles. The van der Waals surface area contributed by atoms with Gasteiger partial charge in [0.25, 0.3) is 5.91 Å². The number of aliphatic imine (C=N–C) groups is 1. The molecule has 9 nitrogen and oxygen atoms in total. The first kappa shape index (κ1) is 22.4. The summed E-state index contributed by atoms with van der Waals surface area (Å²) in [6.07, 6.45) is 7.28. The second-order valence-corrected chi connectivity index (χ2v) is 8.35. The van der Waals surface area contributed by atoms with E-state index in [0.29, 0.717) is 35.9 Å². The molecule has 0 saturated carbocycles. The highest BCUT2D eigenvalue weighted by molar-refractivity contribution is 6.01. The fraction of sp³-hybridized carbons (Fsp3) is 0.375. The molecule has 9 heteroatoms. The molecule has 0 unspecified atom stereocenters. The summed E-state index contributed by atoms with van der Waals surface area (Å²) in [5.41, 5.74) is 6.03. The Kier molecular flexibility index (Phi) is 6.39. The van der Waals surface area contributed by atoms with E-state index in [4.69, 9.17) is 9.73 Å². The summed E-state index contributed by atoms with van der Waals surface area (Å²) >= 11 is 0. The average molecular weight is 451 g/mol. The van der Waals surface area contributed by atoms with Crippen LogP contribution in [0.3, 0.4) is 0 Å². The number of carbonyl (C=O) groups excluding carboxylic acids is 2. The minimum absolute atomic E-state index is 0.0674. The molecule has 0 bridgehead atoms. The first-order chi connectivity index (χ1) is 15.9. The molecular weight excluding hydrogens is 420 g/mol. The number of fused-ring (bicyclic) bond motifs is 1. The van der Waals surface area contributed by atoms with E-state index in [1.54, 1.807) is 24.1 Å². The zero-order chi connectivity index (χ0) is 23.5. The fourth-order valence-electron chi connectivity index (χ4n) is 4.11. The predicted octanol–water partition coefficient (Wildman–Crippen LogP) is 1.80. The van der Waals surface area contributed by atoms with Gasteiger partial charge < -0.3 is 20.3 Å². The van der Waals surface area contributed by atoms with E-state index in [-0.39, 0.29) is 17.7 Å². The van der Waals surface area contributed by atoms with Crippen LogP contribution in [-0.4, -0.2) is 61.4 Å². The Morgan fingerprint density at radius 3 is 2.79 bits per heavy atom. The maximum Gasteiger partial charge on any atom is 0.270 e. The zero-order valence-corrected chi connectivity index (χ0v) is 19.4. The highest BCUT2D eigenvalue weighted by Gasteiger charge is 2.34. The molecule has 1 saturated heterocycles. The number of amides is 2. The highest BCUT2D eigenvalue weighted by atomic mass is 16.5. The SMILES string of the molecule is CNC1=CC(=Nc2ccccc2OC)NN2C(C(=O)N[C@@H]3CCN(C)C3=O)=C[C@H](C)CC=C12. The van der Waals surface area contributed by atoms with Crippen LogP contribution in [0.5, 0.6) is 5.75 Å². The van der Waals surface area contributed by atoms with Crippen LogP contribution in [0.2, 0.25) is 0 Å². The Bertz CT molecular complexity index is 1070. The lowest BCUT2D eigenvalue weighted by atomic mass is 10.1. The van der Waals surface area contributed by atoms with Crippen molar-refractivity contribution >= 4 is 23.3 Å². The smallest absolute Gasteiger partial charge is 0.270 e. The minimum Gasteiger partial charge on any atom is -0.494 e. The second-order valence-electron chi connectivity index (χ2n) is 8.35. The van der Waals surface area contributed by atoms with Gasteiger partial charge in [-0.1, -0.05) is 25.1 Å². The fourth-order valence-corrected chi connectivity index (χ4v) is 4.11. The van der Waals surface area contributed by atoms with Crippen molar-refractivity contribution in [2.24, 2.45) is 10.9 Å². The van der Waals surface area contributed by atoms with E-state index >= 15 is 0 Å². The lowest BCUT2D eigenvalue weighted by molar-refractivity contribution is -0.131. The first-order valence-corrected chi connectivity index (χ1v) is 11.1. The minimum atomic E-state index is -0.514. The summed E-state index contributed by atoms with van der Waals surface area (Å²) in [5.74, 6) is 0.965. The summed E-state index contributed by atoms with van der Waals surface area (Å²) in [6, 6.07) is 6.97. The number of amidine groups is 1. The van der Waals surface area contributed by atoms with E-state index in [2.05, 4.69) is 29.1 Å². The van der Waals surface area contributed by atoms with Gasteiger partial charge in [0, 0.05) is 26.7 Å². The summed E-state index contributed by atoms with van der Waals surface area (Å²) in [7, 11) is 5.19. The molecule has 0 aromatic heterocycles. The lowest BCUT2D eigenvalue weighted by Gasteiger charge is -2.34. The van der Waals surface area contributed by atoms with Gasteiger partial charge in [0.2, 0.25) is 5.91 Å². The van der Waals surface area contributed by atoms with Crippen molar-refractivity contribution in [3.8, 4) is 5.75 Å². The van der Waals surface area contributed by atoms with Crippen molar-refractivity contribution in [3.63, 3.8) is 0 Å². The second kappa shape index (κ2) is 9.40. The van der Waals surface area contributed by atoms with E-state index in [1.165, 1.54) is 0 Å². The first-order valence-electron chi connectivity index (χ1n) is 11.1. The maximum absolute atomic E-state index is 13.4. The van der Waals surface area contributed by atoms with Crippen molar-refractivity contribution < 1.29 is 14.3 Å². The normalized spacial score (nSPS) is 23.7. The maximum atomic E-state index is 13.4. The number of para-hydroxylation sites is 2. The zero-order valence-electron chi connectivity index (χ0n) is 19.4. The summed E-state index contributed by atoms with van der Waals surface area (Å²) in [5, 5.41) is 7.87. The van der Waals surface area contributed by atoms with E-state index in [1.807, 2.05) is 43.5 Å². The number of carbonyl (C=O) groups is 2. The summed E-state index contributed by atoms with van der Waals surface area (Å²) in [4.78, 5) is 32.1. The number of rotatable bonds is 5. The monoisotopic (exact) mass is 450 g/mol. The molecule has 0 spiro atoms. The Hall–Kier alpha value is -3.75. The average Bonchev–Trinajstić information content (AvgIpc) is 3.02. The highest BCUT2D eigenvalue weighted by Crippen LogP contribution is 2.30. The Balaban J connectivity index is 1.68. The number of nitrogens with zero attached hydrogens (tertiary/aromatic N) is 3. The molecule has 3 N–H and O–H groups in total. The number of hydrazine groups is 1. The molecule has 1 fully saturated rings. The summed E-state index contributed by atoms with van der Waals surface area (Å²) in [6.45, 7) is 2.69. The van der Waals surface area contributed by atoms with Gasteiger partial charge in [-0.2, -0.15) is 0 Å². The largest absolute Gasteiger partial charge is 0.494 e. The molecular formula is C24H30N6O3. The van der Waals surface area contributed by atoms with Crippen molar-refractivity contribution in [2.75, 3.05) is 27.7 Å². The van der Waals surface area contributed by atoms with Gasteiger partial charge in [0.05, 0.1) is 18.5 Å². The number of hydrogen-bond donors (Lipinski definition) is 3. The molecule has 2 atom stereocenters. The molecule has 1 aromatic rings. The number of allylic oxidation sites excluding steroid dienone is 2. The third kappa shape index (κ3) is 4.57. The van der Waals surface area contributed by atoms with Crippen LogP contribution in [0.15, 0.2) is 64.6 Å². The van der Waals surface area contributed by atoms with Crippen LogP contribution in [0.1, 0.15) is 19.8 Å². The Labute approximate surface area is 193 Å². The van der Waals surface area contributed by atoms with Crippen LogP contribution < -0.4 is 20.8 Å². The predicted molar refractivity (Wildman–Crippen MR) is 126 cm³/mol. The molecule has 33 heavy (non-hydrogen) atoms. The molecule has 0 radical (unpaired) electrons. The van der Waals surface area contributed by atoms with Crippen LogP contribution in [0.4, 0.5) is 5.69 Å². The van der Waals surface area contributed by atoms with Gasteiger partial charge in [-0.3, -0.25) is 15.0 Å². The molecule has 4 rings (SSSR count). The molecule has 3 aliphatic heterocycles. The lowest BCUT2D eigenvalue weighted by Crippen LogP contribution is -2.50. The third-order valence-corrected chi connectivity index (χ3v) is 5.95. The van der Waals surface area contributed by atoms with Crippen LogP contribution in [-0.2, 0) is 9.59 Å². The van der Waals surface area contributed by atoms with Gasteiger partial charge in [-0.25, -0.2) is 10.0 Å². The Morgan fingerprint density at radius 2 is 2.09 bits per heavy atom. The number of hydrogen-bond acceptors (Lipinski definition) is 6. The van der Waals surface area contributed by atoms with Crippen LogP contribution in [0.25, 0.3) is 0 Å². The van der Waals surface area contributed by atoms with Crippen molar-refractivity contribution in [3.05, 3.63) is 59.6 Å². The van der Waals surface area contributed by atoms with E-state index in [0.717, 1.165) is 17.8 Å². The molecule has 3 heterocycles. The van der Waals surface area contributed by atoms with Crippen molar-refractivity contribution in [1.82, 2.24) is 26.0 Å². The number of likely N-dealkylation sites (N-methyl/N-ethyl adjacent to an activating group) is 2. The number of methoxy groups -OCH3 is 1.